The van der Waals surface area contributed by atoms with Crippen LogP contribution in [0.15, 0.2) is 59.9 Å². The van der Waals surface area contributed by atoms with Gasteiger partial charge in [0.15, 0.2) is 0 Å². The fraction of sp³-hybridized carbons (Fsp3) is 0.400. The molecule has 0 fully saturated rings. The molecule has 38 heavy (non-hydrogen) atoms. The summed E-state index contributed by atoms with van der Waals surface area (Å²) in [5.74, 6) is 0.146. The number of fused-ring (bicyclic) bond motifs is 1. The number of benzene rings is 2. The van der Waals surface area contributed by atoms with Crippen molar-refractivity contribution in [2.45, 2.75) is 58.5 Å². The Balaban J connectivity index is 1.81. The van der Waals surface area contributed by atoms with Gasteiger partial charge in [0.1, 0.15) is 5.75 Å². The van der Waals surface area contributed by atoms with Crippen molar-refractivity contribution in [2.24, 2.45) is 5.41 Å². The van der Waals surface area contributed by atoms with Crippen LogP contribution in [0.1, 0.15) is 57.6 Å². The molecule has 0 radical (unpaired) electrons. The zero-order valence-corrected chi connectivity index (χ0v) is 24.1. The van der Waals surface area contributed by atoms with Crippen molar-refractivity contribution in [2.75, 3.05) is 13.2 Å². The molecule has 1 heterocycles. The third-order valence-corrected chi connectivity index (χ3v) is 7.62. The Bertz CT molecular complexity index is 1340. The van der Waals surface area contributed by atoms with Crippen LogP contribution in [-0.2, 0) is 21.6 Å². The average Bonchev–Trinajstić information content (AvgIpc) is 2.86. The number of carbonyl (C=O) groups excluding carboxylic acids is 1. The summed E-state index contributed by atoms with van der Waals surface area (Å²) in [6.07, 6.45) is 5.54. The highest BCUT2D eigenvalue weighted by Crippen LogP contribution is 2.41. The fourth-order valence-electron chi connectivity index (χ4n) is 4.05. The highest BCUT2D eigenvalue weighted by Gasteiger charge is 2.29. The number of rotatable bonds is 13. The Morgan fingerprint density at radius 3 is 2.55 bits per heavy atom. The van der Waals surface area contributed by atoms with E-state index in [4.69, 9.17) is 9.47 Å². The van der Waals surface area contributed by atoms with E-state index >= 15 is 0 Å². The van der Waals surface area contributed by atoms with Gasteiger partial charge in [-0.05, 0) is 66.1 Å². The van der Waals surface area contributed by atoms with Gasteiger partial charge < -0.3 is 9.47 Å². The van der Waals surface area contributed by atoms with Crippen molar-refractivity contribution in [3.05, 3.63) is 75.8 Å². The van der Waals surface area contributed by atoms with Crippen molar-refractivity contribution >= 4 is 36.6 Å². The first-order valence-electron chi connectivity index (χ1n) is 12.7. The van der Waals surface area contributed by atoms with Gasteiger partial charge in [0.2, 0.25) is 4.74 Å². The monoisotopic (exact) mass is 560 g/mol. The number of ether oxygens (including phenoxy) is 2. The first-order chi connectivity index (χ1) is 17.9. The maximum Gasteiger partial charge on any atom is 0.330 e. The minimum Gasteiger partial charge on any atom is -0.494 e. The molecule has 4 nitrogen and oxygen atoms in total. The van der Waals surface area contributed by atoms with Gasteiger partial charge in [-0.2, -0.15) is 8.78 Å². The van der Waals surface area contributed by atoms with Crippen LogP contribution in [0, 0.1) is 5.41 Å². The second-order valence-electron chi connectivity index (χ2n) is 10.2. The molecule has 3 aromatic rings. The van der Waals surface area contributed by atoms with E-state index in [0.29, 0.717) is 23.5 Å². The van der Waals surface area contributed by atoms with Crippen molar-refractivity contribution in [1.29, 1.82) is 0 Å². The van der Waals surface area contributed by atoms with Crippen LogP contribution in [0.2, 0.25) is 0 Å². The molecule has 0 saturated carbocycles. The van der Waals surface area contributed by atoms with Crippen LogP contribution in [-0.4, -0.2) is 19.2 Å². The van der Waals surface area contributed by atoms with Crippen molar-refractivity contribution in [3.63, 3.8) is 0 Å². The fourth-order valence-corrected chi connectivity index (χ4v) is 5.19. The molecule has 3 rings (SSSR count). The second-order valence-corrected chi connectivity index (χ2v) is 11.9. The number of alkyl halides is 2. The number of carbonyl (C=O) groups is 1. The van der Waals surface area contributed by atoms with Crippen LogP contribution >= 0.6 is 20.6 Å². The molecule has 1 aromatic heterocycles. The topological polar surface area (TPSA) is 52.6 Å². The molecular formula is C30H35F2O4PS. The quantitative estimate of drug-likeness (QED) is 0.0917. The summed E-state index contributed by atoms with van der Waals surface area (Å²) in [5.41, 5.74) is -2.21. The lowest BCUT2D eigenvalue weighted by atomic mass is 9.91. The lowest BCUT2D eigenvalue weighted by Gasteiger charge is -2.23. The van der Waals surface area contributed by atoms with E-state index < -0.39 is 11.6 Å². The standard InChI is InChI=1S/C30H35F2O4PS/c1-5-7-8-9-20-10-13-23(25(16-20)30(31,32)37)24-17-21-11-12-22(18-26(21)38-28(24)34)35-15-14-29(3,4)19-36-27(33)6-2/h6,10-13,16-18H,2,5,7-9,14-15,19,37H2,1,3-4H3. The minimum atomic E-state index is -3.16. The summed E-state index contributed by atoms with van der Waals surface area (Å²) >= 11 is 1.02. The zero-order chi connectivity index (χ0) is 27.9. The number of halogens is 2. The van der Waals surface area contributed by atoms with Gasteiger partial charge in [-0.1, -0.05) is 72.9 Å². The first kappa shape index (κ1) is 29.9. The summed E-state index contributed by atoms with van der Waals surface area (Å²) in [5, 5.41) is 0.777. The molecule has 0 N–H and O–H groups in total. The van der Waals surface area contributed by atoms with Gasteiger partial charge in [0, 0.05) is 27.3 Å². The molecular weight excluding hydrogens is 525 g/mol. The van der Waals surface area contributed by atoms with E-state index in [0.717, 1.165) is 54.0 Å². The molecule has 0 amide bonds. The highest BCUT2D eigenvalue weighted by atomic mass is 32.1. The van der Waals surface area contributed by atoms with Gasteiger partial charge in [-0.25, -0.2) is 4.79 Å². The Hall–Kier alpha value is -2.63. The predicted octanol–water partition coefficient (Wildman–Crippen LogP) is 8.11. The van der Waals surface area contributed by atoms with E-state index in [-0.39, 0.29) is 33.5 Å². The molecule has 8 heteroatoms. The summed E-state index contributed by atoms with van der Waals surface area (Å²) in [6, 6.07) is 12.1. The van der Waals surface area contributed by atoms with Gasteiger partial charge in [-0.15, -0.1) is 0 Å². The van der Waals surface area contributed by atoms with Gasteiger partial charge in [-0.3, -0.25) is 4.79 Å². The number of hydrogen-bond acceptors (Lipinski definition) is 5. The molecule has 0 aliphatic carbocycles. The molecule has 204 valence electrons. The lowest BCUT2D eigenvalue weighted by molar-refractivity contribution is -0.140. The van der Waals surface area contributed by atoms with E-state index in [1.54, 1.807) is 33.5 Å². The molecule has 0 aliphatic heterocycles. The number of aryl methyl sites for hydroxylation is 1. The average molecular weight is 561 g/mol. The first-order valence-corrected chi connectivity index (χ1v) is 14.1. The second kappa shape index (κ2) is 12.9. The summed E-state index contributed by atoms with van der Waals surface area (Å²) in [7, 11) is 1.61. The molecule has 2 aromatic carbocycles. The Morgan fingerprint density at radius 2 is 1.87 bits per heavy atom. The number of unbranched alkanes of at least 4 members (excludes halogenated alkanes) is 2. The Morgan fingerprint density at radius 1 is 1.11 bits per heavy atom. The maximum absolute atomic E-state index is 14.6. The molecule has 0 spiro atoms. The van der Waals surface area contributed by atoms with Crippen LogP contribution < -0.4 is 9.48 Å². The summed E-state index contributed by atoms with van der Waals surface area (Å²) in [6.45, 7) is 10.1. The minimum absolute atomic E-state index is 0.151. The molecule has 0 aliphatic rings. The molecule has 0 saturated heterocycles. The van der Waals surface area contributed by atoms with Crippen molar-refractivity contribution in [3.8, 4) is 16.9 Å². The van der Waals surface area contributed by atoms with E-state index in [1.807, 2.05) is 26.0 Å². The SMILES string of the molecule is C=CC(=O)OCC(C)(C)CCOc1ccc2cc(-c3ccc(CCCCC)cc3C(F)(F)P)c(=O)sc2c1. The van der Waals surface area contributed by atoms with E-state index in [1.165, 1.54) is 6.07 Å². The van der Waals surface area contributed by atoms with Crippen LogP contribution in [0.5, 0.6) is 5.75 Å². The summed E-state index contributed by atoms with van der Waals surface area (Å²) in [4.78, 5) is 24.4. The van der Waals surface area contributed by atoms with Gasteiger partial charge in [0.25, 0.3) is 5.66 Å². The summed E-state index contributed by atoms with van der Waals surface area (Å²) < 4.78 is 40.7. The zero-order valence-electron chi connectivity index (χ0n) is 22.2. The smallest absolute Gasteiger partial charge is 0.330 e. The van der Waals surface area contributed by atoms with Crippen LogP contribution in [0.3, 0.4) is 0 Å². The number of esters is 1. The van der Waals surface area contributed by atoms with Crippen LogP contribution in [0.4, 0.5) is 8.78 Å². The normalized spacial score (nSPS) is 11.9. The molecule has 0 bridgehead atoms. The lowest BCUT2D eigenvalue weighted by Crippen LogP contribution is -2.23. The van der Waals surface area contributed by atoms with Crippen LogP contribution in [0.25, 0.3) is 21.2 Å². The maximum atomic E-state index is 14.6. The third kappa shape index (κ3) is 8.18. The van der Waals surface area contributed by atoms with Gasteiger partial charge in [0.05, 0.1) is 13.2 Å². The van der Waals surface area contributed by atoms with E-state index in [9.17, 15) is 18.4 Å². The third-order valence-electron chi connectivity index (χ3n) is 6.33. The van der Waals surface area contributed by atoms with Crippen molar-refractivity contribution in [1.82, 2.24) is 0 Å². The van der Waals surface area contributed by atoms with Crippen molar-refractivity contribution < 1.29 is 23.0 Å². The van der Waals surface area contributed by atoms with E-state index in [2.05, 4.69) is 13.5 Å². The molecule has 1 unspecified atom stereocenters. The number of hydrogen-bond donors (Lipinski definition) is 0. The highest BCUT2D eigenvalue weighted by molar-refractivity contribution is 7.17. The van der Waals surface area contributed by atoms with Gasteiger partial charge >= 0.3 is 5.97 Å². The predicted molar refractivity (Wildman–Crippen MR) is 155 cm³/mol. The molecule has 1 atom stereocenters. The Kier molecular flexibility index (Phi) is 10.2. The largest absolute Gasteiger partial charge is 0.494 e. The Labute approximate surface area is 229 Å².